The molecule has 1 aliphatic carbocycles. The van der Waals surface area contributed by atoms with Crippen LogP contribution in [0.3, 0.4) is 0 Å². The molecule has 9 heteroatoms. The highest BCUT2D eigenvalue weighted by molar-refractivity contribution is 8.00. The Morgan fingerprint density at radius 3 is 2.71 bits per heavy atom. The molecule has 1 aliphatic rings. The first-order valence-corrected chi connectivity index (χ1v) is 12.6. The summed E-state index contributed by atoms with van der Waals surface area (Å²) in [5.74, 6) is -2.00. The summed E-state index contributed by atoms with van der Waals surface area (Å²) in [5.41, 5.74) is 3.59. The van der Waals surface area contributed by atoms with Crippen molar-refractivity contribution in [1.29, 1.82) is 0 Å². The second kappa shape index (κ2) is 10.7. The largest absolute Gasteiger partial charge is 0.423 e. The first-order chi connectivity index (χ1) is 16.3. The molecule has 0 spiro atoms. The number of aromatic nitrogens is 1. The highest BCUT2D eigenvalue weighted by Gasteiger charge is 2.20. The molecular formula is C25H21ClF2N2O2S2. The molecule has 0 saturated heterocycles. The average molecular weight is 519 g/mol. The SMILES string of the molecule is CC(C)C(=O)Oc1c(Cl)cc(-c2cncs2)cc1SNc1cc(C2=CCCC=C2)c(F)cc1F. The summed E-state index contributed by atoms with van der Waals surface area (Å²) in [6, 6.07) is 5.78. The lowest BCUT2D eigenvalue weighted by molar-refractivity contribution is -0.137. The molecule has 1 N–H and O–H groups in total. The Morgan fingerprint density at radius 1 is 1.21 bits per heavy atom. The van der Waals surface area contributed by atoms with Crippen molar-refractivity contribution in [2.45, 2.75) is 31.6 Å². The lowest BCUT2D eigenvalue weighted by atomic mass is 9.98. The van der Waals surface area contributed by atoms with Gasteiger partial charge in [0.2, 0.25) is 0 Å². The summed E-state index contributed by atoms with van der Waals surface area (Å²) in [6.45, 7) is 3.44. The number of esters is 1. The van der Waals surface area contributed by atoms with Gasteiger partial charge in [0.1, 0.15) is 11.6 Å². The van der Waals surface area contributed by atoms with Gasteiger partial charge in [-0.3, -0.25) is 9.78 Å². The molecule has 0 amide bonds. The average Bonchev–Trinajstić information content (AvgIpc) is 3.35. The number of hydrogen-bond donors (Lipinski definition) is 1. The summed E-state index contributed by atoms with van der Waals surface area (Å²) in [6.07, 6.45) is 9.11. The maximum Gasteiger partial charge on any atom is 0.313 e. The molecule has 1 heterocycles. The molecule has 4 rings (SSSR count). The Kier molecular flexibility index (Phi) is 7.70. The standard InChI is InChI=1S/C25H21ClF2N2O2S2/c1-14(2)25(31)32-24-18(26)8-16(23-12-29-13-33-23)9-22(24)34-30-21-10-17(19(27)11-20(21)28)15-6-4-3-5-7-15/h4,6-14,30H,3,5H2,1-2H3. The molecule has 176 valence electrons. The van der Waals surface area contributed by atoms with Crippen LogP contribution in [0.25, 0.3) is 16.0 Å². The lowest BCUT2D eigenvalue weighted by Gasteiger charge is -2.16. The number of ether oxygens (including phenoxy) is 1. The van der Waals surface area contributed by atoms with Crippen LogP contribution in [0.2, 0.25) is 5.02 Å². The van der Waals surface area contributed by atoms with Gasteiger partial charge in [-0.25, -0.2) is 8.78 Å². The summed E-state index contributed by atoms with van der Waals surface area (Å²) in [4.78, 5) is 17.7. The van der Waals surface area contributed by atoms with E-state index in [0.29, 0.717) is 16.0 Å². The Bertz CT molecular complexity index is 1270. The van der Waals surface area contributed by atoms with Crippen LogP contribution in [-0.4, -0.2) is 11.0 Å². The minimum Gasteiger partial charge on any atom is -0.423 e. The van der Waals surface area contributed by atoms with Crippen molar-refractivity contribution in [3.05, 3.63) is 76.4 Å². The summed E-state index contributed by atoms with van der Waals surface area (Å²) < 4.78 is 37.6. The van der Waals surface area contributed by atoms with Crippen LogP contribution in [0.15, 0.2) is 59.1 Å². The van der Waals surface area contributed by atoms with E-state index in [-0.39, 0.29) is 22.4 Å². The maximum absolute atomic E-state index is 14.6. The molecule has 3 aromatic rings. The number of benzene rings is 2. The van der Waals surface area contributed by atoms with E-state index in [0.717, 1.165) is 41.3 Å². The third-order valence-electron chi connectivity index (χ3n) is 5.03. The summed E-state index contributed by atoms with van der Waals surface area (Å²) in [5, 5.41) is 0.238. The van der Waals surface area contributed by atoms with Crippen LogP contribution in [0.1, 0.15) is 32.3 Å². The van der Waals surface area contributed by atoms with Gasteiger partial charge in [0.15, 0.2) is 5.75 Å². The zero-order valence-electron chi connectivity index (χ0n) is 18.4. The number of nitrogens with one attached hydrogen (secondary N) is 1. The van der Waals surface area contributed by atoms with E-state index >= 15 is 0 Å². The van der Waals surface area contributed by atoms with Gasteiger partial charge < -0.3 is 9.46 Å². The van der Waals surface area contributed by atoms with Crippen molar-refractivity contribution in [3.63, 3.8) is 0 Å². The molecule has 0 aliphatic heterocycles. The zero-order chi connectivity index (χ0) is 24.2. The third-order valence-corrected chi connectivity index (χ3v) is 6.98. The molecule has 0 atom stereocenters. The van der Waals surface area contributed by atoms with E-state index in [1.54, 1.807) is 37.7 Å². The zero-order valence-corrected chi connectivity index (χ0v) is 20.8. The van der Waals surface area contributed by atoms with Crippen molar-refractivity contribution in [1.82, 2.24) is 4.98 Å². The number of rotatable bonds is 7. The minimum absolute atomic E-state index is 0.0988. The molecular weight excluding hydrogens is 498 g/mol. The Morgan fingerprint density at radius 2 is 2.03 bits per heavy atom. The van der Waals surface area contributed by atoms with E-state index in [1.165, 1.54) is 17.4 Å². The summed E-state index contributed by atoms with van der Waals surface area (Å²) >= 11 is 8.95. The Labute approximate surface area is 209 Å². The van der Waals surface area contributed by atoms with E-state index in [4.69, 9.17) is 16.3 Å². The monoisotopic (exact) mass is 518 g/mol. The molecule has 0 fully saturated rings. The van der Waals surface area contributed by atoms with Gasteiger partial charge in [-0.1, -0.05) is 43.7 Å². The molecule has 34 heavy (non-hydrogen) atoms. The fraction of sp³-hybridized carbons (Fsp3) is 0.200. The van der Waals surface area contributed by atoms with Crippen LogP contribution >= 0.6 is 34.9 Å². The second-order valence-corrected chi connectivity index (χ2v) is 10.0. The third kappa shape index (κ3) is 5.51. The molecule has 0 bridgehead atoms. The van der Waals surface area contributed by atoms with E-state index in [9.17, 15) is 13.6 Å². The van der Waals surface area contributed by atoms with Crippen molar-refractivity contribution < 1.29 is 18.3 Å². The quantitative estimate of drug-likeness (QED) is 0.194. The van der Waals surface area contributed by atoms with Crippen LogP contribution in [0.4, 0.5) is 14.5 Å². The van der Waals surface area contributed by atoms with Crippen LogP contribution < -0.4 is 9.46 Å². The first-order valence-electron chi connectivity index (χ1n) is 10.6. The smallest absolute Gasteiger partial charge is 0.313 e. The van der Waals surface area contributed by atoms with Gasteiger partial charge in [0, 0.05) is 17.8 Å². The lowest BCUT2D eigenvalue weighted by Crippen LogP contribution is -2.15. The van der Waals surface area contributed by atoms with Crippen LogP contribution in [0, 0.1) is 17.6 Å². The molecule has 0 saturated carbocycles. The van der Waals surface area contributed by atoms with Crippen molar-refractivity contribution in [2.24, 2.45) is 5.92 Å². The van der Waals surface area contributed by atoms with E-state index < -0.39 is 17.6 Å². The molecule has 4 nitrogen and oxygen atoms in total. The van der Waals surface area contributed by atoms with Crippen molar-refractivity contribution in [3.8, 4) is 16.2 Å². The highest BCUT2D eigenvalue weighted by Crippen LogP contribution is 2.42. The van der Waals surface area contributed by atoms with E-state index in [2.05, 4.69) is 9.71 Å². The first kappa shape index (κ1) is 24.4. The number of hydrogen-bond acceptors (Lipinski definition) is 6. The van der Waals surface area contributed by atoms with Crippen LogP contribution in [0.5, 0.6) is 5.75 Å². The second-order valence-electron chi connectivity index (χ2n) is 7.88. The fourth-order valence-electron chi connectivity index (χ4n) is 3.23. The van der Waals surface area contributed by atoms with Gasteiger partial charge in [0.25, 0.3) is 0 Å². The molecule has 0 radical (unpaired) electrons. The predicted molar refractivity (Wildman–Crippen MR) is 135 cm³/mol. The number of halogens is 3. The minimum atomic E-state index is -0.737. The van der Waals surface area contributed by atoms with Gasteiger partial charge >= 0.3 is 5.97 Å². The highest BCUT2D eigenvalue weighted by atomic mass is 35.5. The number of allylic oxidation sites excluding steroid dienone is 4. The molecule has 2 aromatic carbocycles. The van der Waals surface area contributed by atoms with Gasteiger partial charge in [-0.15, -0.1) is 11.3 Å². The normalized spacial score (nSPS) is 13.2. The number of anilines is 1. The molecule has 0 unspecified atom stereocenters. The predicted octanol–water partition coefficient (Wildman–Crippen LogP) is 8.16. The number of carbonyl (C=O) groups excluding carboxylic acids is 1. The van der Waals surface area contributed by atoms with Crippen LogP contribution in [-0.2, 0) is 4.79 Å². The topological polar surface area (TPSA) is 51.2 Å². The summed E-state index contributed by atoms with van der Waals surface area (Å²) in [7, 11) is 0. The Balaban J connectivity index is 1.68. The number of carbonyl (C=O) groups is 1. The van der Waals surface area contributed by atoms with E-state index in [1.807, 2.05) is 18.2 Å². The maximum atomic E-state index is 14.6. The van der Waals surface area contributed by atoms with Gasteiger partial charge in [-0.2, -0.15) is 0 Å². The van der Waals surface area contributed by atoms with Gasteiger partial charge in [0.05, 0.1) is 31.9 Å². The van der Waals surface area contributed by atoms with Crippen molar-refractivity contribution >= 4 is 52.1 Å². The van der Waals surface area contributed by atoms with Gasteiger partial charge in [-0.05, 0) is 54.1 Å². The number of thiazole rings is 1. The number of nitrogens with zero attached hydrogens (tertiary/aromatic N) is 1. The Hall–Kier alpha value is -2.68. The van der Waals surface area contributed by atoms with Crippen molar-refractivity contribution in [2.75, 3.05) is 4.72 Å². The molecule has 1 aromatic heterocycles. The fourth-order valence-corrected chi connectivity index (χ4v) is 4.97.